The highest BCUT2D eigenvalue weighted by Crippen LogP contribution is 2.32. The number of benzene rings is 1. The molecule has 0 saturated carbocycles. The van der Waals surface area contributed by atoms with E-state index in [0.717, 1.165) is 29.7 Å². The van der Waals surface area contributed by atoms with E-state index >= 15 is 0 Å². The van der Waals surface area contributed by atoms with Crippen molar-refractivity contribution >= 4 is 17.5 Å². The minimum Gasteiger partial charge on any atom is -0.383 e. The molecule has 0 saturated heterocycles. The van der Waals surface area contributed by atoms with Crippen LogP contribution in [-0.2, 0) is 30.8 Å². The van der Waals surface area contributed by atoms with Crippen LogP contribution in [0.25, 0.3) is 11.3 Å². The molecule has 0 atom stereocenters. The molecule has 1 aliphatic rings. The van der Waals surface area contributed by atoms with Crippen molar-refractivity contribution in [2.75, 3.05) is 19.0 Å². The molecule has 1 aliphatic heterocycles. The van der Waals surface area contributed by atoms with E-state index in [1.54, 1.807) is 24.1 Å². The molecule has 1 aromatic carbocycles. The summed E-state index contributed by atoms with van der Waals surface area (Å²) < 4.78 is 21.7. The van der Waals surface area contributed by atoms with Gasteiger partial charge in [0.25, 0.3) is 0 Å². The smallest absolute Gasteiger partial charge is 0.323 e. The maximum absolute atomic E-state index is 14.8. The topological polar surface area (TPSA) is 115 Å². The van der Waals surface area contributed by atoms with Crippen molar-refractivity contribution in [1.82, 2.24) is 19.7 Å². The zero-order valence-electron chi connectivity index (χ0n) is 19.7. The first-order valence-electron chi connectivity index (χ1n) is 11.4. The Morgan fingerprint density at radius 1 is 1.29 bits per heavy atom. The summed E-state index contributed by atoms with van der Waals surface area (Å²) in [6.45, 7) is 3.70. The van der Waals surface area contributed by atoms with Gasteiger partial charge in [-0.2, -0.15) is 5.10 Å². The van der Waals surface area contributed by atoms with Crippen molar-refractivity contribution in [3.8, 4) is 11.3 Å². The van der Waals surface area contributed by atoms with Gasteiger partial charge < -0.3 is 9.64 Å². The molecule has 0 aliphatic carbocycles. The van der Waals surface area contributed by atoms with Gasteiger partial charge in [-0.3, -0.25) is 20.1 Å². The lowest BCUT2D eigenvalue weighted by Gasteiger charge is -2.17. The van der Waals surface area contributed by atoms with Crippen molar-refractivity contribution < 1.29 is 18.8 Å². The molecule has 2 aromatic heterocycles. The van der Waals surface area contributed by atoms with Crippen LogP contribution in [-0.4, -0.2) is 44.3 Å². The number of nitro groups is 1. The number of rotatable bonds is 9. The number of methoxy groups -OCH3 is 1. The van der Waals surface area contributed by atoms with Crippen molar-refractivity contribution in [2.45, 2.75) is 45.8 Å². The molecule has 0 fully saturated rings. The molecule has 10 nitrogen and oxygen atoms in total. The summed E-state index contributed by atoms with van der Waals surface area (Å²) in [5.74, 6) is -0.688. The summed E-state index contributed by atoms with van der Waals surface area (Å²) >= 11 is 0. The number of amides is 2. The number of fused-ring (bicyclic) bond motifs is 1. The van der Waals surface area contributed by atoms with Crippen molar-refractivity contribution in [3.05, 3.63) is 69.3 Å². The Morgan fingerprint density at radius 2 is 2.11 bits per heavy atom. The fraction of sp³-hybridized carbons (Fsp3) is 0.375. The third-order valence-corrected chi connectivity index (χ3v) is 5.98. The van der Waals surface area contributed by atoms with E-state index < -0.39 is 16.8 Å². The van der Waals surface area contributed by atoms with Gasteiger partial charge in [0.05, 0.1) is 48.7 Å². The lowest BCUT2D eigenvalue weighted by Crippen LogP contribution is -2.31. The molecule has 11 heteroatoms. The lowest BCUT2D eigenvalue weighted by molar-refractivity contribution is -0.384. The quantitative estimate of drug-likeness (QED) is 0.354. The van der Waals surface area contributed by atoms with E-state index in [1.807, 2.05) is 13.0 Å². The molecule has 184 valence electrons. The number of carbonyl (C=O) groups is 1. The number of halogens is 1. The van der Waals surface area contributed by atoms with E-state index in [1.165, 1.54) is 23.1 Å². The zero-order chi connectivity index (χ0) is 24.9. The van der Waals surface area contributed by atoms with Gasteiger partial charge in [0, 0.05) is 24.3 Å². The number of nitrogens with one attached hydrogen (secondary N) is 1. The molecule has 3 aromatic rings. The number of urea groups is 1. The summed E-state index contributed by atoms with van der Waals surface area (Å²) in [6.07, 6.45) is 4.16. The second-order valence-electron chi connectivity index (χ2n) is 8.32. The summed E-state index contributed by atoms with van der Waals surface area (Å²) in [5, 5.41) is 18.5. The highest BCUT2D eigenvalue weighted by molar-refractivity contribution is 5.91. The number of anilines is 1. The van der Waals surface area contributed by atoms with Crippen LogP contribution in [0, 0.1) is 15.9 Å². The van der Waals surface area contributed by atoms with Crippen LogP contribution in [0.5, 0.6) is 0 Å². The first kappa shape index (κ1) is 24.3. The van der Waals surface area contributed by atoms with Gasteiger partial charge in [-0.1, -0.05) is 25.5 Å². The summed E-state index contributed by atoms with van der Waals surface area (Å²) in [5.41, 5.74) is 2.71. The van der Waals surface area contributed by atoms with E-state index in [2.05, 4.69) is 15.4 Å². The molecule has 1 N–H and O–H groups in total. The number of hydrogen-bond acceptors (Lipinski definition) is 6. The average Bonchev–Trinajstić information content (AvgIpc) is 3.42. The van der Waals surface area contributed by atoms with Crippen LogP contribution in [0.1, 0.15) is 36.6 Å². The Hall–Kier alpha value is -3.86. The van der Waals surface area contributed by atoms with Crippen LogP contribution in [0.2, 0.25) is 0 Å². The SMILES string of the molecule is CCCCc1cccc(F)c1-c1ccc([N+](=O)[O-])c(NC(=O)N2Cc3cnn(CCOC)c3C2)n1. The van der Waals surface area contributed by atoms with Gasteiger partial charge in [0.1, 0.15) is 5.82 Å². The van der Waals surface area contributed by atoms with Gasteiger partial charge in [-0.05, 0) is 30.5 Å². The molecular weight excluding hydrogens is 455 g/mol. The third-order valence-electron chi connectivity index (χ3n) is 5.98. The van der Waals surface area contributed by atoms with E-state index in [9.17, 15) is 19.3 Å². The number of pyridine rings is 1. The normalized spacial score (nSPS) is 12.6. The number of ether oxygens (including phenoxy) is 1. The van der Waals surface area contributed by atoms with Crippen molar-refractivity contribution in [3.63, 3.8) is 0 Å². The van der Waals surface area contributed by atoms with Gasteiger partial charge in [-0.25, -0.2) is 14.2 Å². The summed E-state index contributed by atoms with van der Waals surface area (Å²) in [7, 11) is 1.60. The standard InChI is InChI=1S/C24H27FN6O4/c1-3-4-6-16-7-5-8-18(25)22(16)19-9-10-20(31(33)34)23(27-19)28-24(32)29-14-17-13-26-30(11-12-35-2)21(17)15-29/h5,7-10,13H,3-4,6,11-12,14-15H2,1-2H3,(H,27,28,32). The zero-order valence-corrected chi connectivity index (χ0v) is 19.7. The highest BCUT2D eigenvalue weighted by Gasteiger charge is 2.29. The number of nitrogens with zero attached hydrogens (tertiary/aromatic N) is 5. The fourth-order valence-corrected chi connectivity index (χ4v) is 4.16. The van der Waals surface area contributed by atoms with Crippen LogP contribution in [0.15, 0.2) is 36.5 Å². The molecule has 4 rings (SSSR count). The molecule has 2 amide bonds. The minimum atomic E-state index is -0.618. The van der Waals surface area contributed by atoms with Gasteiger partial charge >= 0.3 is 11.7 Å². The minimum absolute atomic E-state index is 0.223. The predicted molar refractivity (Wildman–Crippen MR) is 127 cm³/mol. The highest BCUT2D eigenvalue weighted by atomic mass is 19.1. The summed E-state index contributed by atoms with van der Waals surface area (Å²) in [4.78, 5) is 29.9. The predicted octanol–water partition coefficient (Wildman–Crippen LogP) is 4.53. The maximum Gasteiger partial charge on any atom is 0.323 e. The van der Waals surface area contributed by atoms with Crippen molar-refractivity contribution in [1.29, 1.82) is 0 Å². The largest absolute Gasteiger partial charge is 0.383 e. The van der Waals surface area contributed by atoms with Crippen LogP contribution >= 0.6 is 0 Å². The third kappa shape index (κ3) is 5.14. The van der Waals surface area contributed by atoms with Crippen LogP contribution in [0.3, 0.4) is 0 Å². The summed E-state index contributed by atoms with van der Waals surface area (Å²) in [6, 6.07) is 6.92. The first-order chi connectivity index (χ1) is 16.9. The average molecular weight is 483 g/mol. The van der Waals surface area contributed by atoms with Gasteiger partial charge in [-0.15, -0.1) is 0 Å². The molecule has 0 unspecified atom stereocenters. The Bertz CT molecular complexity index is 1240. The van der Waals surface area contributed by atoms with E-state index in [-0.39, 0.29) is 22.8 Å². The number of aromatic nitrogens is 3. The molecule has 3 heterocycles. The number of unbranched alkanes of at least 4 members (excludes halogenated alkanes) is 1. The van der Waals surface area contributed by atoms with Crippen molar-refractivity contribution in [2.24, 2.45) is 0 Å². The Kier molecular flexibility index (Phi) is 7.35. The number of hydrogen-bond donors (Lipinski definition) is 1. The van der Waals surface area contributed by atoms with Crippen LogP contribution < -0.4 is 5.32 Å². The number of carbonyl (C=O) groups excluding carboxylic acids is 1. The Labute approximate surface area is 201 Å². The Balaban J connectivity index is 1.60. The molecule has 0 spiro atoms. The Morgan fingerprint density at radius 3 is 2.86 bits per heavy atom. The van der Waals surface area contributed by atoms with E-state index in [4.69, 9.17) is 4.74 Å². The molecule has 0 bridgehead atoms. The molecular formula is C24H27FN6O4. The van der Waals surface area contributed by atoms with Gasteiger partial charge in [0.15, 0.2) is 0 Å². The molecule has 35 heavy (non-hydrogen) atoms. The van der Waals surface area contributed by atoms with Gasteiger partial charge in [0.2, 0.25) is 5.82 Å². The monoisotopic (exact) mass is 482 g/mol. The first-order valence-corrected chi connectivity index (χ1v) is 11.4. The van der Waals surface area contributed by atoms with Crippen LogP contribution in [0.4, 0.5) is 20.7 Å². The second kappa shape index (κ2) is 10.6. The fourth-order valence-electron chi connectivity index (χ4n) is 4.16. The number of aryl methyl sites for hydroxylation is 1. The molecule has 0 radical (unpaired) electrons. The van der Waals surface area contributed by atoms with E-state index in [0.29, 0.717) is 32.7 Å². The second-order valence-corrected chi connectivity index (χ2v) is 8.32. The maximum atomic E-state index is 14.8. The lowest BCUT2D eigenvalue weighted by atomic mass is 9.98.